The Morgan fingerprint density at radius 1 is 0.903 bits per heavy atom. The van der Waals surface area contributed by atoms with E-state index in [1.807, 2.05) is 80.6 Å². The molecule has 2 amide bonds. The van der Waals surface area contributed by atoms with E-state index >= 15 is 0 Å². The summed E-state index contributed by atoms with van der Waals surface area (Å²) in [6.45, 7) is 4.04. The van der Waals surface area contributed by atoms with Gasteiger partial charge >= 0.3 is 0 Å². The first-order valence-electron chi connectivity index (χ1n) is 10.5. The van der Waals surface area contributed by atoms with Crippen molar-refractivity contribution in [2.24, 2.45) is 5.92 Å². The van der Waals surface area contributed by atoms with Gasteiger partial charge in [0, 0.05) is 22.2 Å². The Morgan fingerprint density at radius 2 is 1.68 bits per heavy atom. The second-order valence-corrected chi connectivity index (χ2v) is 9.19. The summed E-state index contributed by atoms with van der Waals surface area (Å²) in [5.41, 5.74) is 4.72. The van der Waals surface area contributed by atoms with Gasteiger partial charge in [0.15, 0.2) is 0 Å². The van der Waals surface area contributed by atoms with Crippen molar-refractivity contribution in [1.29, 1.82) is 0 Å². The molecule has 3 aromatic carbocycles. The summed E-state index contributed by atoms with van der Waals surface area (Å²) in [5.74, 6) is 0.154. The molecule has 0 radical (unpaired) electrons. The molecule has 1 aliphatic rings. The lowest BCUT2D eigenvalue weighted by Gasteiger charge is -2.18. The molecule has 0 spiro atoms. The Kier molecular flexibility index (Phi) is 6.42. The molecule has 0 aromatic heterocycles. The molecule has 1 fully saturated rings. The highest BCUT2D eigenvalue weighted by atomic mass is 32.2. The van der Waals surface area contributed by atoms with Crippen LogP contribution in [-0.2, 0) is 9.59 Å². The third-order valence-electron chi connectivity index (χ3n) is 5.28. The largest absolute Gasteiger partial charge is 0.326 e. The number of hydrogen-bond acceptors (Lipinski definition) is 3. The molecule has 2 N–H and O–H groups in total. The fourth-order valence-corrected chi connectivity index (χ4v) is 4.51. The molecule has 1 saturated carbocycles. The van der Waals surface area contributed by atoms with Crippen molar-refractivity contribution >= 4 is 35.0 Å². The van der Waals surface area contributed by atoms with Gasteiger partial charge in [-0.1, -0.05) is 54.1 Å². The topological polar surface area (TPSA) is 58.2 Å². The molecule has 0 saturated heterocycles. The Hall–Kier alpha value is -3.05. The van der Waals surface area contributed by atoms with Crippen molar-refractivity contribution < 1.29 is 9.59 Å². The van der Waals surface area contributed by atoms with E-state index in [2.05, 4.69) is 16.7 Å². The second-order valence-electron chi connectivity index (χ2n) is 8.01. The highest BCUT2D eigenvalue weighted by Gasteiger charge is 2.29. The molecule has 31 heavy (non-hydrogen) atoms. The maximum Gasteiger partial charge on any atom is 0.242 e. The third kappa shape index (κ3) is 5.56. The lowest BCUT2D eigenvalue weighted by Crippen LogP contribution is -2.19. The van der Waals surface area contributed by atoms with E-state index in [0.717, 1.165) is 45.8 Å². The van der Waals surface area contributed by atoms with Crippen LogP contribution >= 0.6 is 11.8 Å². The predicted octanol–water partition coefficient (Wildman–Crippen LogP) is 6.12. The first-order valence-corrected chi connectivity index (χ1v) is 11.4. The number of anilines is 2. The van der Waals surface area contributed by atoms with Crippen LogP contribution < -0.4 is 10.6 Å². The Balaban J connectivity index is 1.55. The van der Waals surface area contributed by atoms with Gasteiger partial charge in [-0.15, -0.1) is 11.8 Å². The van der Waals surface area contributed by atoms with E-state index in [4.69, 9.17) is 0 Å². The van der Waals surface area contributed by atoms with Gasteiger partial charge in [0.05, 0.1) is 0 Å². The quantitative estimate of drug-likeness (QED) is 0.444. The maximum atomic E-state index is 13.3. The predicted molar refractivity (Wildman–Crippen MR) is 127 cm³/mol. The van der Waals surface area contributed by atoms with Crippen LogP contribution in [0.25, 0.3) is 0 Å². The normalized spacial score (nSPS) is 14.0. The minimum Gasteiger partial charge on any atom is -0.326 e. The van der Waals surface area contributed by atoms with Gasteiger partial charge in [-0.2, -0.15) is 0 Å². The van der Waals surface area contributed by atoms with Crippen LogP contribution in [-0.4, -0.2) is 11.8 Å². The molecule has 1 unspecified atom stereocenters. The molecule has 4 rings (SSSR count). The van der Waals surface area contributed by atoms with Crippen molar-refractivity contribution in [3.05, 3.63) is 89.5 Å². The minimum atomic E-state index is -0.420. The van der Waals surface area contributed by atoms with E-state index in [-0.39, 0.29) is 17.7 Å². The molecule has 0 aliphatic heterocycles. The molecule has 0 heterocycles. The number of benzene rings is 3. The van der Waals surface area contributed by atoms with E-state index in [1.54, 1.807) is 0 Å². The summed E-state index contributed by atoms with van der Waals surface area (Å²) in [6, 6.07) is 23.5. The lowest BCUT2D eigenvalue weighted by molar-refractivity contribution is -0.117. The molecule has 3 aromatic rings. The third-order valence-corrected chi connectivity index (χ3v) is 6.53. The van der Waals surface area contributed by atoms with Crippen LogP contribution in [0, 0.1) is 19.8 Å². The average Bonchev–Trinajstić information content (AvgIpc) is 3.60. The summed E-state index contributed by atoms with van der Waals surface area (Å²) in [5, 5.41) is 5.66. The van der Waals surface area contributed by atoms with Gasteiger partial charge in [-0.3, -0.25) is 9.59 Å². The smallest absolute Gasteiger partial charge is 0.242 e. The molecule has 158 valence electrons. The van der Waals surface area contributed by atoms with E-state index in [0.29, 0.717) is 0 Å². The van der Waals surface area contributed by atoms with Crippen molar-refractivity contribution in [3.8, 4) is 0 Å². The van der Waals surface area contributed by atoms with Crippen LogP contribution in [0.15, 0.2) is 77.7 Å². The molecule has 4 nitrogen and oxygen atoms in total. The number of nitrogens with one attached hydrogen (secondary N) is 2. The molecule has 0 bridgehead atoms. The summed E-state index contributed by atoms with van der Waals surface area (Å²) < 4.78 is 0. The number of carbonyl (C=O) groups is 2. The summed E-state index contributed by atoms with van der Waals surface area (Å²) in [4.78, 5) is 26.4. The van der Waals surface area contributed by atoms with Crippen molar-refractivity contribution in [1.82, 2.24) is 0 Å². The molecule has 5 heteroatoms. The molecular weight excluding hydrogens is 404 g/mol. The van der Waals surface area contributed by atoms with Gasteiger partial charge in [0.1, 0.15) is 5.25 Å². The SMILES string of the molecule is Cc1ccc(NC(=O)C(Sc2cccc(NC(=O)C3CC3)c2)c2ccccc2)c(C)c1. The van der Waals surface area contributed by atoms with Crippen LogP contribution in [0.4, 0.5) is 11.4 Å². The number of thioether (sulfide) groups is 1. The monoisotopic (exact) mass is 430 g/mol. The van der Waals surface area contributed by atoms with Gasteiger partial charge in [0.25, 0.3) is 0 Å². The standard InChI is InChI=1S/C26H26N2O2S/c1-17-11-14-23(18(2)15-17)28-26(30)24(19-7-4-3-5-8-19)31-22-10-6-9-21(16-22)27-25(29)20-12-13-20/h3-11,14-16,20,24H,12-13H2,1-2H3,(H,27,29)(H,28,30). The van der Waals surface area contributed by atoms with Crippen molar-refractivity contribution in [3.63, 3.8) is 0 Å². The highest BCUT2D eigenvalue weighted by molar-refractivity contribution is 8.00. The van der Waals surface area contributed by atoms with Gasteiger partial charge < -0.3 is 10.6 Å². The van der Waals surface area contributed by atoms with Crippen LogP contribution in [0.3, 0.4) is 0 Å². The van der Waals surface area contributed by atoms with Crippen molar-refractivity contribution in [2.75, 3.05) is 10.6 Å². The van der Waals surface area contributed by atoms with E-state index in [9.17, 15) is 9.59 Å². The fourth-order valence-electron chi connectivity index (χ4n) is 3.43. The maximum absolute atomic E-state index is 13.3. The molecule has 1 atom stereocenters. The van der Waals surface area contributed by atoms with Crippen LogP contribution in [0.5, 0.6) is 0 Å². The molecular formula is C26H26N2O2S. The first-order chi connectivity index (χ1) is 15.0. The van der Waals surface area contributed by atoms with Crippen molar-refractivity contribution in [2.45, 2.75) is 36.8 Å². The molecule has 1 aliphatic carbocycles. The highest BCUT2D eigenvalue weighted by Crippen LogP contribution is 2.38. The van der Waals surface area contributed by atoms with Gasteiger partial charge in [0.2, 0.25) is 11.8 Å². The number of carbonyl (C=O) groups excluding carboxylic acids is 2. The number of rotatable bonds is 7. The summed E-state index contributed by atoms with van der Waals surface area (Å²) in [7, 11) is 0. The van der Waals surface area contributed by atoms with E-state index < -0.39 is 5.25 Å². The fraction of sp³-hybridized carbons (Fsp3) is 0.231. The van der Waals surface area contributed by atoms with Gasteiger partial charge in [-0.05, 0) is 62.1 Å². The Labute approximate surface area is 187 Å². The second kappa shape index (κ2) is 9.40. The number of amides is 2. The van der Waals surface area contributed by atoms with Crippen LogP contribution in [0.2, 0.25) is 0 Å². The number of hydrogen-bond donors (Lipinski definition) is 2. The zero-order valence-electron chi connectivity index (χ0n) is 17.7. The first kappa shape index (κ1) is 21.2. The summed E-state index contributed by atoms with van der Waals surface area (Å²) >= 11 is 1.48. The Morgan fingerprint density at radius 3 is 2.39 bits per heavy atom. The summed E-state index contributed by atoms with van der Waals surface area (Å²) in [6.07, 6.45) is 1.93. The van der Waals surface area contributed by atoms with E-state index in [1.165, 1.54) is 11.8 Å². The zero-order valence-corrected chi connectivity index (χ0v) is 18.5. The Bertz CT molecular complexity index is 1090. The lowest BCUT2D eigenvalue weighted by atomic mass is 10.1. The zero-order chi connectivity index (χ0) is 21.8. The number of aryl methyl sites for hydroxylation is 2. The van der Waals surface area contributed by atoms with Gasteiger partial charge in [-0.25, -0.2) is 0 Å². The average molecular weight is 431 g/mol. The van der Waals surface area contributed by atoms with Crippen LogP contribution in [0.1, 0.15) is 34.8 Å². The minimum absolute atomic E-state index is 0.0735.